The Balaban J connectivity index is 3.00. The second-order valence-electron chi connectivity index (χ2n) is 5.43. The first-order valence-corrected chi connectivity index (χ1v) is 5.97. The largest absolute Gasteiger partial charge is 0.339 e. The van der Waals surface area contributed by atoms with E-state index < -0.39 is 5.54 Å². The monoisotopic (exact) mass is 225 g/mol. The van der Waals surface area contributed by atoms with E-state index in [1.54, 1.807) is 0 Å². The van der Waals surface area contributed by atoms with Crippen LogP contribution < -0.4 is 5.73 Å². The minimum absolute atomic E-state index is 0.119. The number of hydrogen-bond acceptors (Lipinski definition) is 4. The molecular weight excluding hydrogens is 202 g/mol. The summed E-state index contributed by atoms with van der Waals surface area (Å²) < 4.78 is 5.28. The topological polar surface area (TPSA) is 64.9 Å². The van der Waals surface area contributed by atoms with Crippen LogP contribution in [0.1, 0.15) is 65.6 Å². The zero-order valence-electron chi connectivity index (χ0n) is 11.0. The predicted molar refractivity (Wildman–Crippen MR) is 64.1 cm³/mol. The van der Waals surface area contributed by atoms with Crippen molar-refractivity contribution in [1.29, 1.82) is 0 Å². The molecule has 1 rings (SSSR count). The normalized spacial score (nSPS) is 16.1. The van der Waals surface area contributed by atoms with Gasteiger partial charge in [0.05, 0.1) is 5.54 Å². The molecule has 0 spiro atoms. The van der Waals surface area contributed by atoms with Gasteiger partial charge in [0.15, 0.2) is 5.82 Å². The second kappa shape index (κ2) is 4.53. The maximum Gasteiger partial charge on any atom is 0.232 e. The van der Waals surface area contributed by atoms with Gasteiger partial charge in [-0.05, 0) is 12.8 Å². The molecule has 16 heavy (non-hydrogen) atoms. The zero-order valence-corrected chi connectivity index (χ0v) is 11.0. The molecule has 0 aliphatic heterocycles. The Morgan fingerprint density at radius 1 is 1.25 bits per heavy atom. The molecule has 0 aromatic carbocycles. The molecule has 2 N–H and O–H groups in total. The molecule has 0 amide bonds. The highest BCUT2D eigenvalue weighted by Crippen LogP contribution is 2.27. The van der Waals surface area contributed by atoms with Crippen molar-refractivity contribution < 1.29 is 4.52 Å². The van der Waals surface area contributed by atoms with Gasteiger partial charge in [0, 0.05) is 5.41 Å². The first-order chi connectivity index (χ1) is 7.33. The quantitative estimate of drug-likeness (QED) is 0.855. The fourth-order valence-corrected chi connectivity index (χ4v) is 1.62. The lowest BCUT2D eigenvalue weighted by Gasteiger charge is -2.23. The highest BCUT2D eigenvalue weighted by molar-refractivity contribution is 5.06. The summed E-state index contributed by atoms with van der Waals surface area (Å²) in [6.45, 7) is 10.3. The molecule has 0 aliphatic rings. The Morgan fingerprint density at radius 3 is 2.25 bits per heavy atom. The van der Waals surface area contributed by atoms with Crippen LogP contribution >= 0.6 is 0 Å². The fourth-order valence-electron chi connectivity index (χ4n) is 1.62. The van der Waals surface area contributed by atoms with E-state index in [2.05, 4.69) is 24.0 Å². The number of hydrogen-bond donors (Lipinski definition) is 1. The predicted octanol–water partition coefficient (Wildman–Crippen LogP) is 2.73. The van der Waals surface area contributed by atoms with Crippen molar-refractivity contribution in [1.82, 2.24) is 10.1 Å². The van der Waals surface area contributed by atoms with Crippen LogP contribution in [0.4, 0.5) is 0 Å². The van der Waals surface area contributed by atoms with Gasteiger partial charge in [-0.3, -0.25) is 0 Å². The first kappa shape index (κ1) is 13.2. The Bertz CT molecular complexity index is 340. The summed E-state index contributed by atoms with van der Waals surface area (Å²) in [4.78, 5) is 4.44. The summed E-state index contributed by atoms with van der Waals surface area (Å²) in [5, 5.41) is 4.03. The molecule has 0 aliphatic carbocycles. The van der Waals surface area contributed by atoms with E-state index in [1.165, 1.54) is 0 Å². The van der Waals surface area contributed by atoms with E-state index in [9.17, 15) is 0 Å². The van der Waals surface area contributed by atoms with Gasteiger partial charge in [-0.15, -0.1) is 0 Å². The Labute approximate surface area is 97.6 Å². The van der Waals surface area contributed by atoms with Crippen LogP contribution in [0.15, 0.2) is 4.52 Å². The average Bonchev–Trinajstić information content (AvgIpc) is 2.66. The molecule has 92 valence electrons. The second-order valence-corrected chi connectivity index (χ2v) is 5.43. The number of nitrogens with zero attached hydrogens (tertiary/aromatic N) is 2. The average molecular weight is 225 g/mol. The first-order valence-electron chi connectivity index (χ1n) is 5.97. The highest BCUT2D eigenvalue weighted by atomic mass is 16.5. The van der Waals surface area contributed by atoms with E-state index in [-0.39, 0.29) is 5.41 Å². The molecule has 0 radical (unpaired) electrons. The van der Waals surface area contributed by atoms with Crippen molar-refractivity contribution >= 4 is 0 Å². The number of rotatable bonds is 4. The van der Waals surface area contributed by atoms with E-state index in [0.29, 0.717) is 11.7 Å². The Hall–Kier alpha value is -0.900. The smallest absolute Gasteiger partial charge is 0.232 e. The van der Waals surface area contributed by atoms with Crippen molar-refractivity contribution in [3.8, 4) is 0 Å². The van der Waals surface area contributed by atoms with E-state index in [1.807, 2.05) is 20.8 Å². The summed E-state index contributed by atoms with van der Waals surface area (Å²) >= 11 is 0. The van der Waals surface area contributed by atoms with Crippen LogP contribution in [0.25, 0.3) is 0 Å². The molecule has 1 aromatic heterocycles. The summed E-state index contributed by atoms with van der Waals surface area (Å²) in [7, 11) is 0. The molecule has 1 aromatic rings. The minimum atomic E-state index is -0.443. The van der Waals surface area contributed by atoms with Gasteiger partial charge in [0.1, 0.15) is 0 Å². The molecule has 1 atom stereocenters. The summed E-state index contributed by atoms with van der Waals surface area (Å²) in [5.74, 6) is 1.30. The minimum Gasteiger partial charge on any atom is -0.339 e. The van der Waals surface area contributed by atoms with Crippen molar-refractivity contribution in [3.63, 3.8) is 0 Å². The van der Waals surface area contributed by atoms with Crippen molar-refractivity contribution in [2.45, 2.75) is 64.8 Å². The molecule has 1 heterocycles. The SMILES string of the molecule is CCCC(N)(CC)c1noc(C(C)(C)C)n1. The molecular formula is C12H23N3O. The van der Waals surface area contributed by atoms with E-state index >= 15 is 0 Å². The lowest BCUT2D eigenvalue weighted by atomic mass is 9.91. The number of aromatic nitrogens is 2. The molecule has 1 unspecified atom stereocenters. The van der Waals surface area contributed by atoms with Gasteiger partial charge in [-0.1, -0.05) is 46.2 Å². The van der Waals surface area contributed by atoms with Crippen LogP contribution in [0.2, 0.25) is 0 Å². The van der Waals surface area contributed by atoms with Gasteiger partial charge in [0.2, 0.25) is 5.89 Å². The summed E-state index contributed by atoms with van der Waals surface area (Å²) in [6.07, 6.45) is 2.72. The third-order valence-electron chi connectivity index (χ3n) is 2.84. The molecule has 0 bridgehead atoms. The highest BCUT2D eigenvalue weighted by Gasteiger charge is 2.32. The van der Waals surface area contributed by atoms with Crippen molar-refractivity contribution in [2.24, 2.45) is 5.73 Å². The molecule has 0 saturated heterocycles. The van der Waals surface area contributed by atoms with Gasteiger partial charge in [-0.2, -0.15) is 4.98 Å². The van der Waals surface area contributed by atoms with Gasteiger partial charge < -0.3 is 10.3 Å². The van der Waals surface area contributed by atoms with Gasteiger partial charge >= 0.3 is 0 Å². The zero-order chi connectivity index (χ0) is 12.4. The maximum absolute atomic E-state index is 6.30. The number of nitrogens with two attached hydrogens (primary N) is 1. The van der Waals surface area contributed by atoms with Gasteiger partial charge in [-0.25, -0.2) is 0 Å². The third-order valence-corrected chi connectivity index (χ3v) is 2.84. The van der Waals surface area contributed by atoms with Crippen molar-refractivity contribution in [3.05, 3.63) is 11.7 Å². The molecule has 0 fully saturated rings. The summed E-state index contributed by atoms with van der Waals surface area (Å²) in [5.41, 5.74) is 5.74. The van der Waals surface area contributed by atoms with Crippen molar-refractivity contribution in [2.75, 3.05) is 0 Å². The van der Waals surface area contributed by atoms with Gasteiger partial charge in [0.25, 0.3) is 0 Å². The van der Waals surface area contributed by atoms with Crippen LogP contribution in [0.3, 0.4) is 0 Å². The maximum atomic E-state index is 6.30. The summed E-state index contributed by atoms with van der Waals surface area (Å²) in [6, 6.07) is 0. The Morgan fingerprint density at radius 2 is 1.88 bits per heavy atom. The van der Waals surface area contributed by atoms with E-state index in [4.69, 9.17) is 10.3 Å². The van der Waals surface area contributed by atoms with Crippen LogP contribution in [0, 0.1) is 0 Å². The molecule has 4 nitrogen and oxygen atoms in total. The Kier molecular flexibility index (Phi) is 3.73. The van der Waals surface area contributed by atoms with E-state index in [0.717, 1.165) is 19.3 Å². The van der Waals surface area contributed by atoms with Crippen LogP contribution in [-0.4, -0.2) is 10.1 Å². The van der Waals surface area contributed by atoms with Crippen LogP contribution in [0.5, 0.6) is 0 Å². The third kappa shape index (κ3) is 2.61. The fraction of sp³-hybridized carbons (Fsp3) is 0.833. The lowest BCUT2D eigenvalue weighted by molar-refractivity contribution is 0.302. The molecule has 0 saturated carbocycles. The van der Waals surface area contributed by atoms with Crippen LogP contribution in [-0.2, 0) is 11.0 Å². The standard InChI is InChI=1S/C12H23N3O/c1-6-8-12(13,7-2)9-14-10(16-15-9)11(3,4)5/h6-8,13H2,1-5H3. The molecule has 4 heteroatoms. The lowest BCUT2D eigenvalue weighted by Crippen LogP contribution is -2.37.